The SMILES string of the molecule is COc1ccc(S(=O)(=O)Nc2cccc(Cl)c2C)cc1S(=O)(=O)Nc1cccc(Cl)c1C. The minimum absolute atomic E-state index is 0.0185. The number of benzene rings is 3. The van der Waals surface area contributed by atoms with Crippen LogP contribution in [-0.2, 0) is 20.0 Å². The van der Waals surface area contributed by atoms with Crippen molar-refractivity contribution in [2.24, 2.45) is 0 Å². The Morgan fingerprint density at radius 3 is 1.75 bits per heavy atom. The van der Waals surface area contributed by atoms with Crippen LogP contribution in [0.4, 0.5) is 11.4 Å². The van der Waals surface area contributed by atoms with Gasteiger partial charge in [0.2, 0.25) is 0 Å². The van der Waals surface area contributed by atoms with Crippen molar-refractivity contribution in [3.05, 3.63) is 75.8 Å². The molecule has 0 aliphatic rings. The lowest BCUT2D eigenvalue weighted by atomic mass is 10.2. The standard InChI is InChI=1S/C21H20Cl2N2O5S2/c1-13-16(22)6-4-8-18(13)24-31(26,27)15-10-11-20(30-3)21(12-15)32(28,29)25-19-9-5-7-17(23)14(19)2/h4-12,24-25H,1-3H3. The normalized spacial score (nSPS) is 11.8. The zero-order chi connectivity index (χ0) is 23.7. The molecule has 0 aliphatic carbocycles. The largest absolute Gasteiger partial charge is 0.495 e. The van der Waals surface area contributed by atoms with E-state index in [9.17, 15) is 16.8 Å². The van der Waals surface area contributed by atoms with Crippen molar-refractivity contribution in [1.82, 2.24) is 0 Å². The molecule has 2 N–H and O–H groups in total. The van der Waals surface area contributed by atoms with Gasteiger partial charge in [0.25, 0.3) is 20.0 Å². The molecule has 11 heteroatoms. The highest BCUT2D eigenvalue weighted by Crippen LogP contribution is 2.32. The number of anilines is 2. The Bertz CT molecular complexity index is 1390. The van der Waals surface area contributed by atoms with E-state index in [4.69, 9.17) is 27.9 Å². The van der Waals surface area contributed by atoms with Crippen LogP contribution in [0, 0.1) is 13.8 Å². The van der Waals surface area contributed by atoms with Gasteiger partial charge >= 0.3 is 0 Å². The van der Waals surface area contributed by atoms with E-state index >= 15 is 0 Å². The van der Waals surface area contributed by atoms with Crippen molar-refractivity contribution in [1.29, 1.82) is 0 Å². The summed E-state index contributed by atoms with van der Waals surface area (Å²) in [4.78, 5) is -0.606. The predicted molar refractivity (Wildman–Crippen MR) is 127 cm³/mol. The van der Waals surface area contributed by atoms with Gasteiger partial charge in [-0.05, 0) is 67.4 Å². The van der Waals surface area contributed by atoms with E-state index in [1.165, 1.54) is 19.2 Å². The summed E-state index contributed by atoms with van der Waals surface area (Å²) < 4.78 is 62.2. The minimum Gasteiger partial charge on any atom is -0.495 e. The van der Waals surface area contributed by atoms with Crippen molar-refractivity contribution >= 4 is 54.6 Å². The molecule has 0 fully saturated rings. The first-order valence-electron chi connectivity index (χ1n) is 9.20. The molecule has 0 spiro atoms. The number of ether oxygens (including phenoxy) is 1. The lowest BCUT2D eigenvalue weighted by molar-refractivity contribution is 0.402. The molecular formula is C21H20Cl2N2O5S2. The first-order valence-corrected chi connectivity index (χ1v) is 12.9. The van der Waals surface area contributed by atoms with Gasteiger partial charge in [0.05, 0.1) is 23.4 Å². The van der Waals surface area contributed by atoms with Gasteiger partial charge in [0.15, 0.2) is 0 Å². The van der Waals surface area contributed by atoms with Gasteiger partial charge < -0.3 is 4.74 Å². The van der Waals surface area contributed by atoms with Crippen LogP contribution < -0.4 is 14.2 Å². The number of methoxy groups -OCH3 is 1. The average molecular weight is 515 g/mol. The fraction of sp³-hybridized carbons (Fsp3) is 0.143. The van der Waals surface area contributed by atoms with Crippen LogP contribution in [0.2, 0.25) is 10.0 Å². The first-order chi connectivity index (χ1) is 15.0. The Labute approximate surface area is 197 Å². The summed E-state index contributed by atoms with van der Waals surface area (Å²) in [6.07, 6.45) is 0. The summed E-state index contributed by atoms with van der Waals surface area (Å²) in [6.45, 7) is 3.33. The quantitative estimate of drug-likeness (QED) is 0.449. The highest BCUT2D eigenvalue weighted by atomic mass is 35.5. The van der Waals surface area contributed by atoms with Crippen molar-refractivity contribution in [2.75, 3.05) is 16.6 Å². The van der Waals surface area contributed by atoms with Crippen LogP contribution in [0.1, 0.15) is 11.1 Å². The average Bonchev–Trinajstić information content (AvgIpc) is 2.74. The summed E-state index contributed by atoms with van der Waals surface area (Å²) in [5, 5.41) is 0.777. The van der Waals surface area contributed by atoms with Gasteiger partial charge in [-0.2, -0.15) is 0 Å². The lowest BCUT2D eigenvalue weighted by Gasteiger charge is -2.16. The zero-order valence-corrected chi connectivity index (χ0v) is 20.5. The third-order valence-electron chi connectivity index (χ3n) is 4.76. The van der Waals surface area contributed by atoms with Crippen LogP contribution in [0.25, 0.3) is 0 Å². The van der Waals surface area contributed by atoms with Crippen LogP contribution in [-0.4, -0.2) is 23.9 Å². The smallest absolute Gasteiger partial charge is 0.265 e. The molecule has 0 aromatic heterocycles. The molecule has 0 amide bonds. The summed E-state index contributed by atoms with van der Waals surface area (Å²) in [7, 11) is -7.05. The topological polar surface area (TPSA) is 102 Å². The van der Waals surface area contributed by atoms with Gasteiger partial charge in [-0.25, -0.2) is 16.8 Å². The maximum Gasteiger partial charge on any atom is 0.265 e. The van der Waals surface area contributed by atoms with Crippen molar-refractivity contribution in [3.8, 4) is 5.75 Å². The number of hydrogen-bond donors (Lipinski definition) is 2. The van der Waals surface area contributed by atoms with Crippen LogP contribution in [0.15, 0.2) is 64.4 Å². The first kappa shape index (κ1) is 24.2. The second kappa shape index (κ2) is 9.19. The predicted octanol–water partition coefficient (Wildman–Crippen LogP) is 5.22. The molecule has 3 rings (SSSR count). The van der Waals surface area contributed by atoms with Crippen molar-refractivity contribution < 1.29 is 21.6 Å². The Hall–Kier alpha value is -2.46. The molecule has 0 bridgehead atoms. The van der Waals surface area contributed by atoms with Gasteiger partial charge in [0.1, 0.15) is 10.6 Å². The van der Waals surface area contributed by atoms with E-state index in [0.29, 0.717) is 21.2 Å². The fourth-order valence-corrected chi connectivity index (χ4v) is 5.77. The molecular weight excluding hydrogens is 495 g/mol. The van der Waals surface area contributed by atoms with Crippen molar-refractivity contribution in [3.63, 3.8) is 0 Å². The molecule has 170 valence electrons. The van der Waals surface area contributed by atoms with E-state index in [1.807, 2.05) is 0 Å². The maximum absolute atomic E-state index is 13.1. The van der Waals surface area contributed by atoms with E-state index < -0.39 is 20.0 Å². The third-order valence-corrected chi connectivity index (χ3v) is 8.33. The zero-order valence-electron chi connectivity index (χ0n) is 17.3. The van der Waals surface area contributed by atoms with Gasteiger partial charge in [-0.3, -0.25) is 9.44 Å². The number of nitrogens with one attached hydrogen (secondary N) is 2. The molecule has 0 heterocycles. The maximum atomic E-state index is 13.1. The molecule has 0 saturated carbocycles. The fourth-order valence-electron chi connectivity index (χ4n) is 2.87. The minimum atomic E-state index is -4.21. The van der Waals surface area contributed by atoms with Crippen molar-refractivity contribution in [2.45, 2.75) is 23.6 Å². The molecule has 3 aromatic rings. The molecule has 0 radical (unpaired) electrons. The summed E-state index contributed by atoms with van der Waals surface area (Å²) >= 11 is 12.1. The molecule has 3 aromatic carbocycles. The van der Waals surface area contributed by atoms with E-state index in [0.717, 1.165) is 6.07 Å². The molecule has 0 saturated heterocycles. The van der Waals surface area contributed by atoms with E-state index in [1.54, 1.807) is 50.2 Å². The second-order valence-corrected chi connectivity index (χ2v) is 11.0. The van der Waals surface area contributed by atoms with E-state index in [2.05, 4.69) is 9.44 Å². The number of sulfonamides is 2. The number of rotatable bonds is 7. The van der Waals surface area contributed by atoms with Crippen LogP contribution in [0.5, 0.6) is 5.75 Å². The molecule has 7 nitrogen and oxygen atoms in total. The summed E-state index contributed by atoms with van der Waals surface area (Å²) in [5.41, 5.74) is 1.61. The van der Waals surface area contributed by atoms with Crippen LogP contribution >= 0.6 is 23.2 Å². The monoisotopic (exact) mass is 514 g/mol. The second-order valence-electron chi connectivity index (χ2n) is 6.85. The van der Waals surface area contributed by atoms with Gasteiger partial charge in [0, 0.05) is 10.0 Å². The third kappa shape index (κ3) is 4.96. The van der Waals surface area contributed by atoms with Crippen LogP contribution in [0.3, 0.4) is 0 Å². The van der Waals surface area contributed by atoms with Gasteiger partial charge in [-0.15, -0.1) is 0 Å². The summed E-state index contributed by atoms with van der Waals surface area (Å²) in [5.74, 6) is -0.0185. The lowest BCUT2D eigenvalue weighted by Crippen LogP contribution is -2.18. The number of hydrogen-bond acceptors (Lipinski definition) is 5. The Morgan fingerprint density at radius 2 is 1.25 bits per heavy atom. The highest BCUT2D eigenvalue weighted by Gasteiger charge is 2.25. The molecule has 0 atom stereocenters. The highest BCUT2D eigenvalue weighted by molar-refractivity contribution is 7.93. The summed E-state index contributed by atoms with van der Waals surface area (Å²) in [6, 6.07) is 13.1. The molecule has 0 unspecified atom stereocenters. The Kier molecular flexibility index (Phi) is 6.94. The number of halogens is 2. The Morgan fingerprint density at radius 1 is 0.750 bits per heavy atom. The molecule has 0 aliphatic heterocycles. The van der Waals surface area contributed by atoms with Gasteiger partial charge in [-0.1, -0.05) is 35.3 Å². The Balaban J connectivity index is 2.04. The molecule has 32 heavy (non-hydrogen) atoms. The van der Waals surface area contributed by atoms with E-state index in [-0.39, 0.29) is 26.9 Å².